The van der Waals surface area contributed by atoms with E-state index in [1.165, 1.54) is 38.8 Å². The summed E-state index contributed by atoms with van der Waals surface area (Å²) < 4.78 is 0. The number of carbonyl (C=O) groups excluding carboxylic acids is 1. The maximum atomic E-state index is 12.0. The summed E-state index contributed by atoms with van der Waals surface area (Å²) in [4.78, 5) is 14.6. The summed E-state index contributed by atoms with van der Waals surface area (Å²) >= 11 is 0. The molecular weight excluding hydrogens is 321 g/mol. The molecule has 134 valence electrons. The topological polar surface area (TPSA) is 58.4 Å². The third-order valence-corrected chi connectivity index (χ3v) is 4.62. The highest BCUT2D eigenvalue weighted by Crippen LogP contribution is 2.22. The van der Waals surface area contributed by atoms with Crippen LogP contribution >= 0.6 is 24.8 Å². The lowest BCUT2D eigenvalue weighted by atomic mass is 9.92. The van der Waals surface area contributed by atoms with Gasteiger partial charge in [0.15, 0.2) is 0 Å². The van der Waals surface area contributed by atoms with Crippen molar-refractivity contribution < 1.29 is 4.79 Å². The van der Waals surface area contributed by atoms with Gasteiger partial charge in [-0.25, -0.2) is 0 Å². The lowest BCUT2D eigenvalue weighted by molar-refractivity contribution is -0.122. The fraction of sp³-hybridized carbons (Fsp3) is 0.938. The Balaban J connectivity index is 0. The standard InChI is InChI=1S/C16H33N3O.2ClH/c1-4-9-14(17)16(20)18-12-15(13(5-2)6-3)19-10-7-8-11-19;;/h13-15H,4-12,17H2,1-3H3,(H,18,20);2*1H. The average Bonchev–Trinajstić information content (AvgIpc) is 2.97. The first-order valence-corrected chi connectivity index (χ1v) is 8.41. The number of hydrogen-bond donors (Lipinski definition) is 2. The minimum atomic E-state index is -0.346. The maximum absolute atomic E-state index is 12.0. The van der Waals surface area contributed by atoms with Gasteiger partial charge in [0.05, 0.1) is 6.04 Å². The van der Waals surface area contributed by atoms with Crippen LogP contribution in [0.2, 0.25) is 0 Å². The van der Waals surface area contributed by atoms with Gasteiger partial charge in [0.25, 0.3) is 0 Å². The summed E-state index contributed by atoms with van der Waals surface area (Å²) in [6.07, 6.45) is 6.66. The lowest BCUT2D eigenvalue weighted by Gasteiger charge is -2.34. The second kappa shape index (κ2) is 13.4. The fourth-order valence-electron chi connectivity index (χ4n) is 3.28. The SMILES string of the molecule is CCCC(N)C(=O)NCC(C(CC)CC)N1CCCC1.Cl.Cl. The molecule has 6 heteroatoms. The molecule has 0 aliphatic carbocycles. The number of hydrogen-bond acceptors (Lipinski definition) is 3. The van der Waals surface area contributed by atoms with Gasteiger partial charge < -0.3 is 11.1 Å². The van der Waals surface area contributed by atoms with Crippen molar-refractivity contribution in [1.29, 1.82) is 0 Å². The van der Waals surface area contributed by atoms with Crippen molar-refractivity contribution in [2.75, 3.05) is 19.6 Å². The molecule has 22 heavy (non-hydrogen) atoms. The molecule has 0 saturated carbocycles. The van der Waals surface area contributed by atoms with Gasteiger partial charge in [0.1, 0.15) is 0 Å². The van der Waals surface area contributed by atoms with Crippen molar-refractivity contribution in [1.82, 2.24) is 10.2 Å². The van der Waals surface area contributed by atoms with Crippen LogP contribution in [-0.2, 0) is 4.79 Å². The van der Waals surface area contributed by atoms with Gasteiger partial charge in [-0.2, -0.15) is 0 Å². The largest absolute Gasteiger partial charge is 0.353 e. The number of likely N-dealkylation sites (tertiary alicyclic amines) is 1. The molecule has 3 N–H and O–H groups in total. The quantitative estimate of drug-likeness (QED) is 0.668. The summed E-state index contributed by atoms with van der Waals surface area (Å²) in [5.41, 5.74) is 5.88. The van der Waals surface area contributed by atoms with Crippen molar-refractivity contribution in [2.45, 2.75) is 71.4 Å². The van der Waals surface area contributed by atoms with Crippen LogP contribution in [0.4, 0.5) is 0 Å². The summed E-state index contributed by atoms with van der Waals surface area (Å²) in [7, 11) is 0. The van der Waals surface area contributed by atoms with Crippen molar-refractivity contribution in [3.63, 3.8) is 0 Å². The van der Waals surface area contributed by atoms with Crippen LogP contribution in [0.25, 0.3) is 0 Å². The Morgan fingerprint density at radius 3 is 2.14 bits per heavy atom. The van der Waals surface area contributed by atoms with Crippen molar-refractivity contribution in [2.24, 2.45) is 11.7 Å². The highest BCUT2D eigenvalue weighted by molar-refractivity contribution is 5.85. The van der Waals surface area contributed by atoms with Crippen molar-refractivity contribution in [3.05, 3.63) is 0 Å². The Labute approximate surface area is 148 Å². The molecule has 1 saturated heterocycles. The molecule has 0 aromatic carbocycles. The number of nitrogens with zero attached hydrogens (tertiary/aromatic N) is 1. The number of carbonyl (C=O) groups is 1. The number of nitrogens with one attached hydrogen (secondary N) is 1. The van der Waals surface area contributed by atoms with E-state index in [4.69, 9.17) is 5.73 Å². The first kappa shape index (κ1) is 24.2. The Kier molecular flexibility index (Phi) is 14.8. The zero-order valence-electron chi connectivity index (χ0n) is 14.3. The third kappa shape index (κ3) is 7.49. The molecule has 0 bridgehead atoms. The number of amides is 1. The highest BCUT2D eigenvalue weighted by atomic mass is 35.5. The van der Waals surface area contributed by atoms with Gasteiger partial charge in [-0.05, 0) is 38.3 Å². The monoisotopic (exact) mass is 355 g/mol. The third-order valence-electron chi connectivity index (χ3n) is 4.62. The molecule has 4 nitrogen and oxygen atoms in total. The van der Waals surface area contributed by atoms with E-state index in [1.54, 1.807) is 0 Å². The van der Waals surface area contributed by atoms with Crippen LogP contribution in [0, 0.1) is 5.92 Å². The van der Waals surface area contributed by atoms with Gasteiger partial charge in [0, 0.05) is 12.6 Å². The van der Waals surface area contributed by atoms with Crippen LogP contribution in [0.15, 0.2) is 0 Å². The highest BCUT2D eigenvalue weighted by Gasteiger charge is 2.28. The predicted octanol–water partition coefficient (Wildman–Crippen LogP) is 2.97. The molecule has 2 unspecified atom stereocenters. The molecule has 0 spiro atoms. The maximum Gasteiger partial charge on any atom is 0.236 e. The predicted molar refractivity (Wildman–Crippen MR) is 99.1 cm³/mol. The Morgan fingerprint density at radius 2 is 1.68 bits per heavy atom. The normalized spacial score (nSPS) is 17.5. The molecule has 1 heterocycles. The van der Waals surface area contributed by atoms with Gasteiger partial charge in [-0.3, -0.25) is 9.69 Å². The molecule has 0 radical (unpaired) electrons. The minimum absolute atomic E-state index is 0. The molecular formula is C16H35Cl2N3O. The molecule has 1 rings (SSSR count). The lowest BCUT2D eigenvalue weighted by Crippen LogP contribution is -2.50. The number of rotatable bonds is 9. The van der Waals surface area contributed by atoms with Crippen LogP contribution < -0.4 is 11.1 Å². The first-order chi connectivity index (χ1) is 9.63. The van der Waals surface area contributed by atoms with Crippen LogP contribution in [-0.4, -0.2) is 42.5 Å². The van der Waals surface area contributed by atoms with E-state index in [9.17, 15) is 4.79 Å². The second-order valence-electron chi connectivity index (χ2n) is 6.03. The van der Waals surface area contributed by atoms with E-state index in [0.29, 0.717) is 12.0 Å². The molecule has 1 amide bonds. The first-order valence-electron chi connectivity index (χ1n) is 8.41. The van der Waals surface area contributed by atoms with Crippen LogP contribution in [0.3, 0.4) is 0 Å². The summed E-state index contributed by atoms with van der Waals surface area (Å²) in [5.74, 6) is 0.679. The van der Waals surface area contributed by atoms with E-state index in [2.05, 4.69) is 31.0 Å². The minimum Gasteiger partial charge on any atom is -0.353 e. The average molecular weight is 356 g/mol. The smallest absolute Gasteiger partial charge is 0.236 e. The van der Waals surface area contributed by atoms with E-state index in [-0.39, 0.29) is 36.8 Å². The molecule has 1 aliphatic rings. The van der Waals surface area contributed by atoms with Gasteiger partial charge in [-0.1, -0.05) is 40.0 Å². The summed E-state index contributed by atoms with van der Waals surface area (Å²) in [6.45, 7) is 9.67. The van der Waals surface area contributed by atoms with E-state index in [0.717, 1.165) is 19.4 Å². The fourth-order valence-corrected chi connectivity index (χ4v) is 3.28. The summed E-state index contributed by atoms with van der Waals surface area (Å²) in [6, 6.07) is 0.131. The van der Waals surface area contributed by atoms with Crippen LogP contribution in [0.1, 0.15) is 59.3 Å². The van der Waals surface area contributed by atoms with Gasteiger partial charge >= 0.3 is 0 Å². The summed E-state index contributed by atoms with van der Waals surface area (Å²) in [5, 5.41) is 3.09. The van der Waals surface area contributed by atoms with E-state index < -0.39 is 0 Å². The van der Waals surface area contributed by atoms with Crippen molar-refractivity contribution in [3.8, 4) is 0 Å². The Bertz CT molecular complexity index is 281. The molecule has 0 aromatic rings. The van der Waals surface area contributed by atoms with Crippen molar-refractivity contribution >= 4 is 30.7 Å². The van der Waals surface area contributed by atoms with Gasteiger partial charge in [0.2, 0.25) is 5.91 Å². The molecule has 0 aromatic heterocycles. The van der Waals surface area contributed by atoms with E-state index in [1.807, 2.05) is 0 Å². The zero-order chi connectivity index (χ0) is 15.0. The Hall–Kier alpha value is -0.0300. The Morgan fingerprint density at radius 1 is 1.14 bits per heavy atom. The number of nitrogens with two attached hydrogens (primary N) is 1. The number of halogens is 2. The molecule has 1 aliphatic heterocycles. The van der Waals surface area contributed by atoms with E-state index >= 15 is 0 Å². The van der Waals surface area contributed by atoms with Crippen LogP contribution in [0.5, 0.6) is 0 Å². The molecule has 1 fully saturated rings. The second-order valence-corrected chi connectivity index (χ2v) is 6.03. The molecule has 2 atom stereocenters. The zero-order valence-corrected chi connectivity index (χ0v) is 16.0. The van der Waals surface area contributed by atoms with Gasteiger partial charge in [-0.15, -0.1) is 24.8 Å².